The number of ether oxygens (including phenoxy) is 2. The lowest BCUT2D eigenvalue weighted by Gasteiger charge is -2.23. The highest BCUT2D eigenvalue weighted by Gasteiger charge is 2.50. The summed E-state index contributed by atoms with van der Waals surface area (Å²) in [5, 5.41) is 0. The van der Waals surface area contributed by atoms with Crippen molar-refractivity contribution in [2.45, 2.75) is 18.5 Å². The fraction of sp³-hybridized carbons (Fsp3) is 0.375. The first kappa shape index (κ1) is 17.1. The van der Waals surface area contributed by atoms with Crippen LogP contribution in [0.2, 0.25) is 0 Å². The molecule has 1 aromatic rings. The maximum Gasteiger partial charge on any atom is 0.416 e. The van der Waals surface area contributed by atoms with Crippen LogP contribution < -0.4 is 0 Å². The Kier molecular flexibility index (Phi) is 4.49. The van der Waals surface area contributed by atoms with Crippen LogP contribution >= 0.6 is 0 Å². The van der Waals surface area contributed by atoms with Gasteiger partial charge in [0.2, 0.25) is 0 Å². The monoisotopic (exact) mass is 328 g/mol. The molecule has 0 heterocycles. The van der Waals surface area contributed by atoms with Crippen molar-refractivity contribution in [3.8, 4) is 0 Å². The number of halogens is 3. The van der Waals surface area contributed by atoms with Crippen LogP contribution in [0.3, 0.4) is 0 Å². The van der Waals surface area contributed by atoms with Crippen LogP contribution in [-0.2, 0) is 25.2 Å². The Morgan fingerprint density at radius 3 is 2.04 bits per heavy atom. The minimum Gasteiger partial charge on any atom is -0.468 e. The summed E-state index contributed by atoms with van der Waals surface area (Å²) < 4.78 is 47.1. The number of benzene rings is 1. The Hall–Kier alpha value is -2.31. The molecule has 124 valence electrons. The third kappa shape index (κ3) is 3.09. The zero-order chi connectivity index (χ0) is 17.3. The molecule has 1 aromatic carbocycles. The average Bonchev–Trinajstić information content (AvgIpc) is 2.99. The zero-order valence-electron chi connectivity index (χ0n) is 12.5. The van der Waals surface area contributed by atoms with Crippen molar-refractivity contribution in [2.75, 3.05) is 14.2 Å². The summed E-state index contributed by atoms with van der Waals surface area (Å²) in [7, 11) is 2.32. The van der Waals surface area contributed by atoms with Crippen LogP contribution in [0.1, 0.15) is 23.5 Å². The summed E-state index contributed by atoms with van der Waals surface area (Å²) >= 11 is 0. The number of esters is 2. The lowest BCUT2D eigenvalue weighted by molar-refractivity contribution is -0.165. The van der Waals surface area contributed by atoms with E-state index in [1.165, 1.54) is 18.2 Å². The Bertz CT molecular complexity index is 616. The maximum absolute atomic E-state index is 12.6. The van der Waals surface area contributed by atoms with Crippen LogP contribution in [0.15, 0.2) is 36.4 Å². The van der Waals surface area contributed by atoms with Crippen molar-refractivity contribution in [2.24, 2.45) is 5.41 Å². The van der Waals surface area contributed by atoms with E-state index < -0.39 is 29.1 Å². The van der Waals surface area contributed by atoms with Gasteiger partial charge in [0.25, 0.3) is 0 Å². The van der Waals surface area contributed by atoms with Gasteiger partial charge >= 0.3 is 18.1 Å². The first-order chi connectivity index (χ1) is 10.7. The molecule has 1 atom stereocenters. The van der Waals surface area contributed by atoms with Gasteiger partial charge in [-0.2, -0.15) is 13.2 Å². The third-order valence-corrected chi connectivity index (χ3v) is 3.92. The molecule has 1 unspecified atom stereocenters. The predicted molar refractivity (Wildman–Crippen MR) is 74.4 cm³/mol. The van der Waals surface area contributed by atoms with Crippen molar-refractivity contribution in [1.29, 1.82) is 0 Å². The molecule has 0 fully saturated rings. The average molecular weight is 328 g/mol. The predicted octanol–water partition coefficient (Wildman–Crippen LogP) is 3.08. The van der Waals surface area contributed by atoms with E-state index in [4.69, 9.17) is 0 Å². The SMILES string of the molecule is COC(=O)C1(C(=O)OC)C=CC(c2ccc(C(F)(F)F)cc2)C1. The molecule has 0 amide bonds. The highest BCUT2D eigenvalue weighted by molar-refractivity contribution is 6.03. The summed E-state index contributed by atoms with van der Waals surface area (Å²) in [5.41, 5.74) is -1.74. The molecule has 7 heteroatoms. The summed E-state index contributed by atoms with van der Waals surface area (Å²) in [6.07, 6.45) is -1.35. The molecular formula is C16H15F3O4. The highest BCUT2D eigenvalue weighted by Crippen LogP contribution is 2.43. The maximum atomic E-state index is 12.6. The molecule has 0 N–H and O–H groups in total. The van der Waals surface area contributed by atoms with E-state index in [-0.39, 0.29) is 12.3 Å². The number of alkyl halides is 3. The molecule has 0 spiro atoms. The molecule has 4 nitrogen and oxygen atoms in total. The van der Waals surface area contributed by atoms with Crippen molar-refractivity contribution < 1.29 is 32.2 Å². The van der Waals surface area contributed by atoms with E-state index in [1.54, 1.807) is 6.08 Å². The van der Waals surface area contributed by atoms with Gasteiger partial charge in [0.15, 0.2) is 5.41 Å². The van der Waals surface area contributed by atoms with Gasteiger partial charge in [-0.3, -0.25) is 9.59 Å². The number of carbonyl (C=O) groups excluding carboxylic acids is 2. The molecule has 0 radical (unpaired) electrons. The minimum atomic E-state index is -4.41. The first-order valence-electron chi connectivity index (χ1n) is 6.78. The van der Waals surface area contributed by atoms with Gasteiger partial charge in [0, 0.05) is 5.92 Å². The van der Waals surface area contributed by atoms with Crippen LogP contribution in [0.5, 0.6) is 0 Å². The molecule has 0 aliphatic heterocycles. The van der Waals surface area contributed by atoms with E-state index in [9.17, 15) is 22.8 Å². The lowest BCUT2D eigenvalue weighted by Crippen LogP contribution is -2.38. The minimum absolute atomic E-state index is 0.0533. The second-order valence-corrected chi connectivity index (χ2v) is 5.24. The van der Waals surface area contributed by atoms with Crippen LogP contribution in [-0.4, -0.2) is 26.2 Å². The van der Waals surface area contributed by atoms with E-state index >= 15 is 0 Å². The molecule has 2 rings (SSSR count). The van der Waals surface area contributed by atoms with Crippen molar-refractivity contribution in [1.82, 2.24) is 0 Å². The van der Waals surface area contributed by atoms with Crippen LogP contribution in [0.4, 0.5) is 13.2 Å². The van der Waals surface area contributed by atoms with Gasteiger partial charge < -0.3 is 9.47 Å². The van der Waals surface area contributed by atoms with Crippen LogP contribution in [0, 0.1) is 5.41 Å². The van der Waals surface area contributed by atoms with Crippen LogP contribution in [0.25, 0.3) is 0 Å². The Morgan fingerprint density at radius 2 is 1.61 bits per heavy atom. The first-order valence-corrected chi connectivity index (χ1v) is 6.78. The fourth-order valence-electron chi connectivity index (χ4n) is 2.66. The van der Waals surface area contributed by atoms with Crippen molar-refractivity contribution in [3.63, 3.8) is 0 Å². The number of allylic oxidation sites excluding steroid dienone is 1. The number of hydrogen-bond acceptors (Lipinski definition) is 4. The quantitative estimate of drug-likeness (QED) is 0.486. The van der Waals surface area contributed by atoms with Gasteiger partial charge in [-0.15, -0.1) is 0 Å². The molecule has 1 aliphatic rings. The second-order valence-electron chi connectivity index (χ2n) is 5.24. The number of hydrogen-bond donors (Lipinski definition) is 0. The Labute approximate surface area is 130 Å². The number of rotatable bonds is 3. The Balaban J connectivity index is 2.26. The fourth-order valence-corrected chi connectivity index (χ4v) is 2.66. The summed E-state index contributed by atoms with van der Waals surface area (Å²) in [4.78, 5) is 24.0. The highest BCUT2D eigenvalue weighted by atomic mass is 19.4. The van der Waals surface area contributed by atoms with E-state index in [2.05, 4.69) is 9.47 Å². The molecule has 1 aliphatic carbocycles. The normalized spacial score (nSPS) is 19.4. The molecule has 0 bridgehead atoms. The molecule has 0 saturated carbocycles. The van der Waals surface area contributed by atoms with E-state index in [0.717, 1.165) is 26.4 Å². The summed E-state index contributed by atoms with van der Waals surface area (Å²) in [5.74, 6) is -1.89. The van der Waals surface area contributed by atoms with Crippen molar-refractivity contribution in [3.05, 3.63) is 47.5 Å². The molecule has 0 saturated heterocycles. The Morgan fingerprint density at radius 1 is 1.09 bits per heavy atom. The van der Waals surface area contributed by atoms with Gasteiger partial charge in [0.1, 0.15) is 0 Å². The van der Waals surface area contributed by atoms with E-state index in [0.29, 0.717) is 5.56 Å². The molecular weight excluding hydrogens is 313 g/mol. The number of carbonyl (C=O) groups is 2. The van der Waals surface area contributed by atoms with Gasteiger partial charge in [-0.25, -0.2) is 0 Å². The van der Waals surface area contributed by atoms with E-state index in [1.807, 2.05) is 0 Å². The van der Waals surface area contributed by atoms with Gasteiger partial charge in [0.05, 0.1) is 19.8 Å². The largest absolute Gasteiger partial charge is 0.468 e. The topological polar surface area (TPSA) is 52.6 Å². The third-order valence-electron chi connectivity index (χ3n) is 3.92. The second kappa shape index (κ2) is 6.06. The summed E-state index contributed by atoms with van der Waals surface area (Å²) in [6.45, 7) is 0. The number of methoxy groups -OCH3 is 2. The zero-order valence-corrected chi connectivity index (χ0v) is 12.5. The smallest absolute Gasteiger partial charge is 0.416 e. The lowest BCUT2D eigenvalue weighted by atomic mass is 9.83. The van der Waals surface area contributed by atoms with Gasteiger partial charge in [-0.05, 0) is 24.1 Å². The molecule has 23 heavy (non-hydrogen) atoms. The van der Waals surface area contributed by atoms with Gasteiger partial charge in [-0.1, -0.05) is 24.3 Å². The molecule has 0 aromatic heterocycles. The summed E-state index contributed by atoms with van der Waals surface area (Å²) in [6, 6.07) is 4.61. The standard InChI is InChI=1S/C16H15F3O4/c1-22-13(20)15(14(21)23-2)8-7-11(9-15)10-3-5-12(6-4-10)16(17,18)19/h3-8,11H,9H2,1-2H3. The van der Waals surface area contributed by atoms with Crippen molar-refractivity contribution >= 4 is 11.9 Å².